The third kappa shape index (κ3) is 4.62. The minimum atomic E-state index is -2.64. The molecule has 0 spiro atoms. The summed E-state index contributed by atoms with van der Waals surface area (Å²) in [7, 11) is 0. The first-order chi connectivity index (χ1) is 11.9. The fourth-order valence-corrected chi connectivity index (χ4v) is 3.58. The second kappa shape index (κ2) is 7.19. The van der Waals surface area contributed by atoms with E-state index in [1.807, 2.05) is 4.90 Å². The van der Waals surface area contributed by atoms with Gasteiger partial charge in [0.2, 0.25) is 17.8 Å². The van der Waals surface area contributed by atoms with Crippen molar-refractivity contribution in [3.05, 3.63) is 18.5 Å². The Balaban J connectivity index is 1.52. The summed E-state index contributed by atoms with van der Waals surface area (Å²) in [5.74, 6) is -2.71. The van der Waals surface area contributed by atoms with Crippen LogP contribution in [0.3, 0.4) is 0 Å². The van der Waals surface area contributed by atoms with Crippen LogP contribution in [0.25, 0.3) is 0 Å². The summed E-state index contributed by atoms with van der Waals surface area (Å²) < 4.78 is 26.4. The Kier molecular flexibility index (Phi) is 5.17. The number of anilines is 1. The maximum atomic E-state index is 13.2. The molecule has 2 aliphatic rings. The molecule has 1 aromatic rings. The maximum absolute atomic E-state index is 13.2. The van der Waals surface area contributed by atoms with Crippen LogP contribution in [0.2, 0.25) is 0 Å². The number of carbonyl (C=O) groups excluding carboxylic acids is 1. The van der Waals surface area contributed by atoms with Crippen molar-refractivity contribution in [1.29, 1.82) is 0 Å². The second-order valence-electron chi connectivity index (χ2n) is 7.15. The van der Waals surface area contributed by atoms with Gasteiger partial charge < -0.3 is 15.3 Å². The molecule has 1 saturated heterocycles. The van der Waals surface area contributed by atoms with Gasteiger partial charge in [-0.3, -0.25) is 4.79 Å². The molecule has 2 N–H and O–H groups in total. The Hall–Kier alpha value is -1.83. The third-order valence-electron chi connectivity index (χ3n) is 5.07. The van der Waals surface area contributed by atoms with Crippen LogP contribution in [-0.4, -0.2) is 52.1 Å². The molecule has 2 fully saturated rings. The Morgan fingerprint density at radius 2 is 1.96 bits per heavy atom. The molecule has 0 radical (unpaired) electrons. The number of carbonyl (C=O) groups is 1. The molecule has 138 valence electrons. The number of nitrogens with zero attached hydrogens (tertiary/aromatic N) is 3. The van der Waals surface area contributed by atoms with Crippen molar-refractivity contribution in [3.8, 4) is 0 Å². The fourth-order valence-electron chi connectivity index (χ4n) is 3.58. The molecule has 0 aromatic carbocycles. The van der Waals surface area contributed by atoms with Crippen molar-refractivity contribution in [2.45, 2.75) is 50.0 Å². The topological polar surface area (TPSA) is 78.4 Å². The number of aliphatic hydroxyl groups is 1. The number of aromatic nitrogens is 2. The van der Waals surface area contributed by atoms with E-state index in [0.717, 1.165) is 13.0 Å². The van der Waals surface area contributed by atoms with Crippen molar-refractivity contribution in [2.75, 3.05) is 24.5 Å². The van der Waals surface area contributed by atoms with E-state index in [0.29, 0.717) is 18.9 Å². The first-order valence-corrected chi connectivity index (χ1v) is 8.77. The number of amides is 1. The van der Waals surface area contributed by atoms with Crippen molar-refractivity contribution in [3.63, 3.8) is 0 Å². The quantitative estimate of drug-likeness (QED) is 0.861. The molecule has 1 saturated carbocycles. The Labute approximate surface area is 145 Å². The summed E-state index contributed by atoms with van der Waals surface area (Å²) >= 11 is 0. The lowest BCUT2D eigenvalue weighted by atomic mass is 9.86. The molecule has 2 heterocycles. The summed E-state index contributed by atoms with van der Waals surface area (Å²) in [5.41, 5.74) is -1.06. The number of halogens is 2. The van der Waals surface area contributed by atoms with Gasteiger partial charge in [-0.2, -0.15) is 0 Å². The van der Waals surface area contributed by atoms with Gasteiger partial charge >= 0.3 is 0 Å². The van der Waals surface area contributed by atoms with Crippen LogP contribution in [0.4, 0.5) is 14.7 Å². The SMILES string of the molecule is O=C(NC[C@@]1(O)CCCN(c2ncccn2)C1)C1CCC(F)(F)CC1. The average Bonchev–Trinajstić information content (AvgIpc) is 2.60. The van der Waals surface area contributed by atoms with E-state index in [2.05, 4.69) is 15.3 Å². The Morgan fingerprint density at radius 1 is 1.28 bits per heavy atom. The van der Waals surface area contributed by atoms with Crippen LogP contribution in [0, 0.1) is 5.92 Å². The molecule has 25 heavy (non-hydrogen) atoms. The number of hydrogen-bond acceptors (Lipinski definition) is 5. The molecule has 1 amide bonds. The normalized spacial score (nSPS) is 27.1. The van der Waals surface area contributed by atoms with E-state index in [1.165, 1.54) is 0 Å². The highest BCUT2D eigenvalue weighted by molar-refractivity contribution is 5.78. The van der Waals surface area contributed by atoms with Gasteiger partial charge in [0, 0.05) is 44.2 Å². The van der Waals surface area contributed by atoms with Gasteiger partial charge in [0.1, 0.15) is 0 Å². The van der Waals surface area contributed by atoms with Crippen LogP contribution < -0.4 is 10.2 Å². The van der Waals surface area contributed by atoms with Gasteiger partial charge in [-0.1, -0.05) is 0 Å². The lowest BCUT2D eigenvalue weighted by Crippen LogP contribution is -2.55. The fraction of sp³-hybridized carbons (Fsp3) is 0.706. The van der Waals surface area contributed by atoms with Gasteiger partial charge in [-0.05, 0) is 31.7 Å². The minimum absolute atomic E-state index is 0.113. The van der Waals surface area contributed by atoms with E-state index in [-0.39, 0.29) is 44.1 Å². The van der Waals surface area contributed by atoms with E-state index in [9.17, 15) is 18.7 Å². The number of hydrogen-bond donors (Lipinski definition) is 2. The molecule has 6 nitrogen and oxygen atoms in total. The molecule has 1 atom stereocenters. The minimum Gasteiger partial charge on any atom is -0.386 e. The van der Waals surface area contributed by atoms with E-state index in [1.54, 1.807) is 18.5 Å². The molecular weight excluding hydrogens is 330 g/mol. The van der Waals surface area contributed by atoms with Gasteiger partial charge in [0.05, 0.1) is 12.1 Å². The summed E-state index contributed by atoms with van der Waals surface area (Å²) in [6.45, 7) is 1.19. The number of rotatable bonds is 4. The first-order valence-electron chi connectivity index (χ1n) is 8.77. The van der Waals surface area contributed by atoms with Crippen LogP contribution >= 0.6 is 0 Å². The monoisotopic (exact) mass is 354 g/mol. The first kappa shape index (κ1) is 18.0. The van der Waals surface area contributed by atoms with Crippen molar-refractivity contribution < 1.29 is 18.7 Å². The standard InChI is InChI=1S/C17H24F2N4O2/c18-17(19)6-3-13(4-7-17)14(24)22-11-16(25)5-1-10-23(12-16)15-20-8-2-9-21-15/h2,8-9,13,25H,1,3-7,10-12H2,(H,22,24)/t16-/m0/s1. The molecule has 1 aliphatic heterocycles. The zero-order valence-electron chi connectivity index (χ0n) is 14.1. The molecule has 1 aromatic heterocycles. The molecule has 1 aliphatic carbocycles. The molecule has 0 bridgehead atoms. The predicted octanol–water partition coefficient (Wildman–Crippen LogP) is 1.75. The highest BCUT2D eigenvalue weighted by atomic mass is 19.3. The van der Waals surface area contributed by atoms with Crippen molar-refractivity contribution >= 4 is 11.9 Å². The number of alkyl halides is 2. The van der Waals surface area contributed by atoms with Crippen LogP contribution in [0.1, 0.15) is 38.5 Å². The third-order valence-corrected chi connectivity index (χ3v) is 5.07. The number of nitrogens with one attached hydrogen (secondary N) is 1. The maximum Gasteiger partial charge on any atom is 0.248 e. The zero-order valence-corrected chi connectivity index (χ0v) is 14.1. The van der Waals surface area contributed by atoms with Crippen molar-refractivity contribution in [2.24, 2.45) is 5.92 Å². The van der Waals surface area contributed by atoms with Crippen LogP contribution in [-0.2, 0) is 4.79 Å². The summed E-state index contributed by atoms with van der Waals surface area (Å²) in [6, 6.07) is 1.73. The second-order valence-corrected chi connectivity index (χ2v) is 7.15. The Bertz CT molecular complexity index is 592. The summed E-state index contributed by atoms with van der Waals surface area (Å²) in [6.07, 6.45) is 4.54. The van der Waals surface area contributed by atoms with Gasteiger partial charge in [0.25, 0.3) is 0 Å². The lowest BCUT2D eigenvalue weighted by Gasteiger charge is -2.39. The average molecular weight is 354 g/mol. The highest BCUT2D eigenvalue weighted by Crippen LogP contribution is 2.36. The molecule has 8 heteroatoms. The van der Waals surface area contributed by atoms with Gasteiger partial charge in [-0.25, -0.2) is 18.7 Å². The van der Waals surface area contributed by atoms with E-state index in [4.69, 9.17) is 0 Å². The van der Waals surface area contributed by atoms with Gasteiger partial charge in [-0.15, -0.1) is 0 Å². The summed E-state index contributed by atoms with van der Waals surface area (Å²) in [5, 5.41) is 13.6. The number of β-amino-alcohol motifs (C(OH)–C–C–N with tert-alkyl or cyclic N) is 1. The van der Waals surface area contributed by atoms with Gasteiger partial charge in [0.15, 0.2) is 0 Å². The van der Waals surface area contributed by atoms with Crippen molar-refractivity contribution in [1.82, 2.24) is 15.3 Å². The van der Waals surface area contributed by atoms with Crippen LogP contribution in [0.15, 0.2) is 18.5 Å². The zero-order chi connectivity index (χ0) is 17.9. The molecular formula is C17H24F2N4O2. The Morgan fingerprint density at radius 3 is 2.64 bits per heavy atom. The molecule has 0 unspecified atom stereocenters. The lowest BCUT2D eigenvalue weighted by molar-refractivity contribution is -0.130. The van der Waals surface area contributed by atoms with Crippen LogP contribution in [0.5, 0.6) is 0 Å². The van der Waals surface area contributed by atoms with E-state index >= 15 is 0 Å². The highest BCUT2D eigenvalue weighted by Gasteiger charge is 2.39. The van der Waals surface area contributed by atoms with E-state index < -0.39 is 11.5 Å². The predicted molar refractivity (Wildman–Crippen MR) is 88.3 cm³/mol. The summed E-state index contributed by atoms with van der Waals surface area (Å²) in [4.78, 5) is 22.5. The molecule has 3 rings (SSSR count). The number of piperidine rings is 1. The largest absolute Gasteiger partial charge is 0.386 e. The smallest absolute Gasteiger partial charge is 0.248 e.